The van der Waals surface area contributed by atoms with Crippen molar-refractivity contribution in [2.75, 3.05) is 13.3 Å². The quantitative estimate of drug-likeness (QED) is 0.476. The molecule has 0 aliphatic heterocycles. The number of hydrogen-bond donors (Lipinski definition) is 0. The fraction of sp³-hybridized carbons (Fsp3) is 0.300. The molecule has 1 aromatic rings. The molecule has 0 saturated heterocycles. The zero-order valence-corrected chi connectivity index (χ0v) is 10.5. The number of halogens is 2. The van der Waals surface area contributed by atoms with Gasteiger partial charge in [0.05, 0.1) is 10.5 Å². The average Bonchev–Trinajstić information content (AvgIpc) is 2.26. The van der Waals surface area contributed by atoms with Gasteiger partial charge < -0.3 is 4.74 Å². The lowest BCUT2D eigenvalue weighted by atomic mass is 10.1. The summed E-state index contributed by atoms with van der Waals surface area (Å²) in [5.41, 5.74) is -0.308. The lowest BCUT2D eigenvalue weighted by molar-refractivity contribution is -0.386. The predicted octanol–water partition coefficient (Wildman–Crippen LogP) is 2.91. The van der Waals surface area contributed by atoms with Crippen molar-refractivity contribution in [2.24, 2.45) is 0 Å². The number of nitrogens with zero attached hydrogens (tertiary/aromatic N) is 1. The maximum Gasteiger partial charge on any atom is 0.312 e. The number of nitro benzene ring substituents is 1. The van der Waals surface area contributed by atoms with Crippen LogP contribution in [0.15, 0.2) is 16.6 Å². The number of benzene rings is 1. The van der Waals surface area contributed by atoms with Crippen LogP contribution in [0.5, 0.6) is 5.75 Å². The van der Waals surface area contributed by atoms with Crippen LogP contribution in [0, 0.1) is 10.1 Å². The van der Waals surface area contributed by atoms with E-state index >= 15 is 0 Å². The molecule has 92 valence electrons. The molecule has 0 bridgehead atoms. The lowest BCUT2D eigenvalue weighted by Gasteiger charge is -2.09. The number of carbonyl (C=O) groups is 1. The highest BCUT2D eigenvalue weighted by atomic mass is 79.9. The van der Waals surface area contributed by atoms with Gasteiger partial charge in [0.25, 0.3) is 0 Å². The van der Waals surface area contributed by atoms with E-state index in [0.29, 0.717) is 4.47 Å². The van der Waals surface area contributed by atoms with Crippen molar-refractivity contribution in [2.45, 2.75) is 6.92 Å². The van der Waals surface area contributed by atoms with Gasteiger partial charge in [0, 0.05) is 10.5 Å². The van der Waals surface area contributed by atoms with Crippen molar-refractivity contribution in [3.63, 3.8) is 0 Å². The summed E-state index contributed by atoms with van der Waals surface area (Å²) >= 11 is 3.07. The highest BCUT2D eigenvalue weighted by molar-refractivity contribution is 9.10. The minimum atomic E-state index is -0.787. The van der Waals surface area contributed by atoms with E-state index < -0.39 is 11.6 Å². The highest BCUT2D eigenvalue weighted by Crippen LogP contribution is 2.34. The van der Waals surface area contributed by atoms with Crippen LogP contribution in [0.1, 0.15) is 17.3 Å². The van der Waals surface area contributed by atoms with Crippen LogP contribution in [-0.4, -0.2) is 24.0 Å². The summed E-state index contributed by atoms with van der Waals surface area (Å²) in [4.78, 5) is 21.5. The summed E-state index contributed by atoms with van der Waals surface area (Å²) in [6.45, 7) is 0.140. The molecular weight excluding hydrogens is 297 g/mol. The molecule has 0 radical (unpaired) electrons. The fourth-order valence-corrected chi connectivity index (χ4v) is 1.71. The van der Waals surface area contributed by atoms with Crippen LogP contribution >= 0.6 is 15.9 Å². The first-order valence-electron chi connectivity index (χ1n) is 4.65. The Labute approximate surface area is 105 Å². The van der Waals surface area contributed by atoms with Gasteiger partial charge in [-0.3, -0.25) is 14.9 Å². The van der Waals surface area contributed by atoms with E-state index in [-0.39, 0.29) is 29.4 Å². The predicted molar refractivity (Wildman–Crippen MR) is 62.3 cm³/mol. The summed E-state index contributed by atoms with van der Waals surface area (Å²) in [6, 6.07) is 2.61. The number of hydrogen-bond acceptors (Lipinski definition) is 4. The second kappa shape index (κ2) is 5.72. The number of nitro groups is 1. The van der Waals surface area contributed by atoms with Gasteiger partial charge >= 0.3 is 5.69 Å². The van der Waals surface area contributed by atoms with E-state index in [9.17, 15) is 19.3 Å². The maximum atomic E-state index is 12.0. The third kappa shape index (κ3) is 3.23. The van der Waals surface area contributed by atoms with Gasteiger partial charge in [0.15, 0.2) is 5.78 Å². The Balaban J connectivity index is 3.36. The van der Waals surface area contributed by atoms with E-state index in [4.69, 9.17) is 4.74 Å². The van der Waals surface area contributed by atoms with Crippen LogP contribution in [0.3, 0.4) is 0 Å². The van der Waals surface area contributed by atoms with Gasteiger partial charge in [0.2, 0.25) is 5.75 Å². The molecule has 0 atom stereocenters. The SMILES string of the molecule is CC(=O)c1cc(Br)cc([N+](=O)[O-])c1OCCF. The molecule has 0 heterocycles. The molecule has 0 aliphatic rings. The molecule has 5 nitrogen and oxygen atoms in total. The molecule has 17 heavy (non-hydrogen) atoms. The zero-order chi connectivity index (χ0) is 13.0. The van der Waals surface area contributed by atoms with Crippen LogP contribution in [0.4, 0.5) is 10.1 Å². The van der Waals surface area contributed by atoms with Crippen molar-refractivity contribution >= 4 is 27.4 Å². The normalized spacial score (nSPS) is 10.1. The molecular formula is C10H9BrFNO4. The van der Waals surface area contributed by atoms with Crippen LogP contribution in [-0.2, 0) is 0 Å². The topological polar surface area (TPSA) is 69.4 Å². The molecule has 0 aliphatic carbocycles. The summed E-state index contributed by atoms with van der Waals surface area (Å²) in [7, 11) is 0. The van der Waals surface area contributed by atoms with E-state index in [1.165, 1.54) is 19.1 Å². The average molecular weight is 306 g/mol. The van der Waals surface area contributed by atoms with Crippen molar-refractivity contribution in [1.29, 1.82) is 0 Å². The summed E-state index contributed by atoms with van der Waals surface area (Å²) in [5, 5.41) is 10.8. The number of rotatable bonds is 5. The molecule has 0 saturated carbocycles. The molecule has 0 aromatic heterocycles. The Morgan fingerprint density at radius 1 is 1.59 bits per heavy atom. The van der Waals surface area contributed by atoms with Gasteiger partial charge in [-0.25, -0.2) is 4.39 Å². The Morgan fingerprint density at radius 3 is 2.71 bits per heavy atom. The minimum Gasteiger partial charge on any atom is -0.484 e. The van der Waals surface area contributed by atoms with Gasteiger partial charge in [-0.05, 0) is 13.0 Å². The van der Waals surface area contributed by atoms with Gasteiger partial charge in [-0.2, -0.15) is 0 Å². The second-order valence-electron chi connectivity index (χ2n) is 3.15. The Kier molecular flexibility index (Phi) is 4.56. The summed E-state index contributed by atoms with van der Waals surface area (Å²) < 4.78 is 17.4. The first kappa shape index (κ1) is 13.6. The standard InChI is InChI=1S/C10H9BrFNO4/c1-6(14)8-4-7(11)5-9(13(15)16)10(8)17-3-2-12/h4-5H,2-3H2,1H3. The van der Waals surface area contributed by atoms with Crippen LogP contribution in [0.25, 0.3) is 0 Å². The zero-order valence-electron chi connectivity index (χ0n) is 8.91. The highest BCUT2D eigenvalue weighted by Gasteiger charge is 2.23. The number of ether oxygens (including phenoxy) is 1. The van der Waals surface area contributed by atoms with Crippen molar-refractivity contribution in [3.8, 4) is 5.75 Å². The van der Waals surface area contributed by atoms with E-state index in [0.717, 1.165) is 0 Å². The minimum absolute atomic E-state index is 0.0551. The first-order valence-corrected chi connectivity index (χ1v) is 5.44. The number of carbonyl (C=O) groups excluding carboxylic acids is 1. The first-order chi connectivity index (χ1) is 7.97. The van der Waals surface area contributed by atoms with Gasteiger partial charge in [-0.1, -0.05) is 15.9 Å². The van der Waals surface area contributed by atoms with Crippen molar-refractivity contribution in [3.05, 3.63) is 32.3 Å². The van der Waals surface area contributed by atoms with Gasteiger partial charge in [-0.15, -0.1) is 0 Å². The number of ketones is 1. The van der Waals surface area contributed by atoms with Crippen LogP contribution < -0.4 is 4.74 Å². The number of alkyl halides is 1. The fourth-order valence-electron chi connectivity index (χ4n) is 1.27. The molecule has 0 unspecified atom stereocenters. The monoisotopic (exact) mass is 305 g/mol. The lowest BCUT2D eigenvalue weighted by Crippen LogP contribution is -2.07. The smallest absolute Gasteiger partial charge is 0.312 e. The second-order valence-corrected chi connectivity index (χ2v) is 4.07. The van der Waals surface area contributed by atoms with E-state index in [1.807, 2.05) is 0 Å². The Hall–Kier alpha value is -1.50. The Morgan fingerprint density at radius 2 is 2.24 bits per heavy atom. The molecule has 0 fully saturated rings. The number of Topliss-reactive ketones (excluding diaryl/α,β-unsaturated/α-hetero) is 1. The maximum absolute atomic E-state index is 12.0. The Bertz CT molecular complexity index is 429. The summed E-state index contributed by atoms with van der Waals surface area (Å²) in [6.07, 6.45) is 0. The molecule has 7 heteroatoms. The third-order valence-electron chi connectivity index (χ3n) is 1.93. The van der Waals surface area contributed by atoms with Crippen molar-refractivity contribution in [1.82, 2.24) is 0 Å². The summed E-state index contributed by atoms with van der Waals surface area (Å²) in [5.74, 6) is -0.577. The molecule has 1 rings (SSSR count). The van der Waals surface area contributed by atoms with E-state index in [1.54, 1.807) is 0 Å². The van der Waals surface area contributed by atoms with Crippen LogP contribution in [0.2, 0.25) is 0 Å². The molecule has 0 spiro atoms. The molecule has 0 N–H and O–H groups in total. The molecule has 1 aromatic carbocycles. The third-order valence-corrected chi connectivity index (χ3v) is 2.39. The van der Waals surface area contributed by atoms with E-state index in [2.05, 4.69) is 15.9 Å². The molecule has 0 amide bonds. The van der Waals surface area contributed by atoms with Gasteiger partial charge in [0.1, 0.15) is 13.3 Å². The van der Waals surface area contributed by atoms with Crippen molar-refractivity contribution < 1.29 is 18.8 Å². The largest absolute Gasteiger partial charge is 0.484 e.